The molecule has 0 bridgehead atoms. The molecular formula is C17H21N3O2S. The van der Waals surface area contributed by atoms with Crippen molar-refractivity contribution < 1.29 is 9.53 Å². The zero-order valence-corrected chi connectivity index (χ0v) is 13.8. The Kier molecular flexibility index (Phi) is 5.74. The van der Waals surface area contributed by atoms with Gasteiger partial charge in [0.15, 0.2) is 0 Å². The van der Waals surface area contributed by atoms with Gasteiger partial charge in [-0.25, -0.2) is 4.98 Å². The van der Waals surface area contributed by atoms with Gasteiger partial charge in [0.05, 0.1) is 18.7 Å². The predicted molar refractivity (Wildman–Crippen MR) is 90.8 cm³/mol. The maximum absolute atomic E-state index is 12.3. The van der Waals surface area contributed by atoms with Gasteiger partial charge in [-0.05, 0) is 12.0 Å². The van der Waals surface area contributed by atoms with Crippen LogP contribution in [0.3, 0.4) is 0 Å². The molecule has 1 saturated heterocycles. The van der Waals surface area contributed by atoms with Crippen LogP contribution in [-0.4, -0.2) is 54.7 Å². The number of rotatable bonds is 6. The second kappa shape index (κ2) is 8.19. The molecule has 1 aliphatic heterocycles. The molecular weight excluding hydrogens is 310 g/mol. The molecule has 3 rings (SSSR count). The molecule has 1 amide bonds. The highest BCUT2D eigenvalue weighted by atomic mass is 32.1. The Labute approximate surface area is 140 Å². The number of amides is 1. The van der Waals surface area contributed by atoms with E-state index in [1.807, 2.05) is 18.2 Å². The number of carbonyl (C=O) groups excluding carboxylic acids is 1. The van der Waals surface area contributed by atoms with E-state index in [0.29, 0.717) is 5.69 Å². The summed E-state index contributed by atoms with van der Waals surface area (Å²) in [4.78, 5) is 18.8. The number of carbonyl (C=O) groups is 1. The Morgan fingerprint density at radius 1 is 1.30 bits per heavy atom. The van der Waals surface area contributed by atoms with Crippen LogP contribution in [0, 0.1) is 0 Å². The Morgan fingerprint density at radius 2 is 2.09 bits per heavy atom. The summed E-state index contributed by atoms with van der Waals surface area (Å²) >= 11 is 1.44. The fraction of sp³-hybridized carbons (Fsp3) is 0.412. The van der Waals surface area contributed by atoms with Gasteiger partial charge in [0.25, 0.3) is 5.91 Å². The van der Waals surface area contributed by atoms with Crippen LogP contribution in [0.2, 0.25) is 0 Å². The molecule has 2 aromatic rings. The SMILES string of the molecule is O=C(NC(Cc1ccccc1)CN1CCOCC1)c1cscn1. The standard InChI is InChI=1S/C17H21N3O2S/c21-17(16-12-23-13-18-16)19-15(10-14-4-2-1-3-5-14)11-20-6-8-22-9-7-20/h1-5,12-13,15H,6-11H2,(H,19,21). The molecule has 1 aromatic carbocycles. The average Bonchev–Trinajstić information content (AvgIpc) is 3.11. The number of aromatic nitrogens is 1. The fourth-order valence-corrected chi connectivity index (χ4v) is 3.27. The van der Waals surface area contributed by atoms with E-state index < -0.39 is 0 Å². The van der Waals surface area contributed by atoms with Gasteiger partial charge < -0.3 is 10.1 Å². The third kappa shape index (κ3) is 4.86. The molecule has 0 aliphatic carbocycles. The van der Waals surface area contributed by atoms with Crippen molar-refractivity contribution in [2.75, 3.05) is 32.8 Å². The molecule has 0 radical (unpaired) electrons. The monoisotopic (exact) mass is 331 g/mol. The first-order valence-corrected chi connectivity index (χ1v) is 8.78. The van der Waals surface area contributed by atoms with Crippen LogP contribution in [0.25, 0.3) is 0 Å². The lowest BCUT2D eigenvalue weighted by atomic mass is 10.0. The van der Waals surface area contributed by atoms with Gasteiger partial charge in [-0.2, -0.15) is 0 Å². The zero-order valence-electron chi connectivity index (χ0n) is 13.0. The van der Waals surface area contributed by atoms with E-state index in [9.17, 15) is 4.79 Å². The van der Waals surface area contributed by atoms with Gasteiger partial charge in [0, 0.05) is 31.1 Å². The van der Waals surface area contributed by atoms with Crippen molar-refractivity contribution in [2.45, 2.75) is 12.5 Å². The first kappa shape index (κ1) is 16.1. The highest BCUT2D eigenvalue weighted by Gasteiger charge is 2.20. The first-order valence-electron chi connectivity index (χ1n) is 7.84. The van der Waals surface area contributed by atoms with Crippen LogP contribution in [0.1, 0.15) is 16.1 Å². The molecule has 1 fully saturated rings. The molecule has 6 heteroatoms. The molecule has 0 spiro atoms. The van der Waals surface area contributed by atoms with Crippen LogP contribution in [-0.2, 0) is 11.2 Å². The van der Waals surface area contributed by atoms with E-state index in [1.54, 1.807) is 10.9 Å². The number of nitrogens with one attached hydrogen (secondary N) is 1. The number of hydrogen-bond acceptors (Lipinski definition) is 5. The molecule has 122 valence electrons. The molecule has 1 unspecified atom stereocenters. The quantitative estimate of drug-likeness (QED) is 0.877. The number of benzene rings is 1. The van der Waals surface area contributed by atoms with Crippen molar-refractivity contribution in [3.8, 4) is 0 Å². The van der Waals surface area contributed by atoms with Crippen LogP contribution in [0.4, 0.5) is 0 Å². The normalized spacial score (nSPS) is 16.9. The molecule has 1 atom stereocenters. The third-order valence-corrected chi connectivity index (χ3v) is 4.49. The molecule has 1 aliphatic rings. The van der Waals surface area contributed by atoms with Crippen LogP contribution < -0.4 is 5.32 Å². The summed E-state index contributed by atoms with van der Waals surface area (Å²) in [5.74, 6) is -0.0968. The summed E-state index contributed by atoms with van der Waals surface area (Å²) in [5.41, 5.74) is 3.41. The summed E-state index contributed by atoms with van der Waals surface area (Å²) in [7, 11) is 0. The Hall–Kier alpha value is -1.76. The molecule has 1 aromatic heterocycles. The molecule has 0 saturated carbocycles. The van der Waals surface area contributed by atoms with Gasteiger partial charge in [-0.1, -0.05) is 30.3 Å². The van der Waals surface area contributed by atoms with Gasteiger partial charge >= 0.3 is 0 Å². The predicted octanol–water partition coefficient (Wildman–Crippen LogP) is 1.82. The van der Waals surface area contributed by atoms with Crippen molar-refractivity contribution in [3.05, 3.63) is 52.5 Å². The van der Waals surface area contributed by atoms with Crippen molar-refractivity contribution in [1.82, 2.24) is 15.2 Å². The minimum Gasteiger partial charge on any atom is -0.379 e. The van der Waals surface area contributed by atoms with Crippen molar-refractivity contribution in [2.24, 2.45) is 0 Å². The van der Waals surface area contributed by atoms with Crippen molar-refractivity contribution in [1.29, 1.82) is 0 Å². The number of ether oxygens (including phenoxy) is 1. The van der Waals surface area contributed by atoms with E-state index >= 15 is 0 Å². The van der Waals surface area contributed by atoms with Gasteiger partial charge in [-0.15, -0.1) is 11.3 Å². The molecule has 1 N–H and O–H groups in total. The van der Waals surface area contributed by atoms with E-state index in [2.05, 4.69) is 27.3 Å². The Balaban J connectivity index is 1.65. The van der Waals surface area contributed by atoms with E-state index in [1.165, 1.54) is 16.9 Å². The highest BCUT2D eigenvalue weighted by molar-refractivity contribution is 7.07. The van der Waals surface area contributed by atoms with Gasteiger partial charge in [0.2, 0.25) is 0 Å². The van der Waals surface area contributed by atoms with Crippen LogP contribution in [0.5, 0.6) is 0 Å². The topological polar surface area (TPSA) is 54.5 Å². The highest BCUT2D eigenvalue weighted by Crippen LogP contribution is 2.08. The lowest BCUT2D eigenvalue weighted by Crippen LogP contribution is -2.48. The third-order valence-electron chi connectivity index (χ3n) is 3.91. The molecule has 23 heavy (non-hydrogen) atoms. The van der Waals surface area contributed by atoms with Gasteiger partial charge in [0.1, 0.15) is 5.69 Å². The van der Waals surface area contributed by atoms with Crippen LogP contribution >= 0.6 is 11.3 Å². The maximum Gasteiger partial charge on any atom is 0.271 e. The lowest BCUT2D eigenvalue weighted by Gasteiger charge is -2.30. The maximum atomic E-state index is 12.3. The molecule has 2 heterocycles. The summed E-state index contributed by atoms with van der Waals surface area (Å²) in [6.45, 7) is 4.18. The summed E-state index contributed by atoms with van der Waals surface area (Å²) in [6, 6.07) is 10.3. The Morgan fingerprint density at radius 3 is 2.78 bits per heavy atom. The van der Waals surface area contributed by atoms with Crippen molar-refractivity contribution in [3.63, 3.8) is 0 Å². The van der Waals surface area contributed by atoms with Crippen LogP contribution in [0.15, 0.2) is 41.2 Å². The smallest absolute Gasteiger partial charge is 0.271 e. The number of thiazole rings is 1. The number of morpholine rings is 1. The Bertz CT molecular complexity index is 598. The average molecular weight is 331 g/mol. The summed E-state index contributed by atoms with van der Waals surface area (Å²) in [6.07, 6.45) is 0.814. The minimum atomic E-state index is -0.0968. The summed E-state index contributed by atoms with van der Waals surface area (Å²) < 4.78 is 5.40. The largest absolute Gasteiger partial charge is 0.379 e. The van der Waals surface area contributed by atoms with E-state index in [0.717, 1.165) is 39.3 Å². The lowest BCUT2D eigenvalue weighted by molar-refractivity contribution is 0.0333. The summed E-state index contributed by atoms with van der Waals surface area (Å²) in [5, 5.41) is 4.92. The number of hydrogen-bond donors (Lipinski definition) is 1. The van der Waals surface area contributed by atoms with E-state index in [-0.39, 0.29) is 11.9 Å². The second-order valence-corrected chi connectivity index (χ2v) is 6.37. The number of nitrogens with zero attached hydrogens (tertiary/aromatic N) is 2. The zero-order chi connectivity index (χ0) is 15.9. The second-order valence-electron chi connectivity index (χ2n) is 5.65. The minimum absolute atomic E-state index is 0.0599. The van der Waals surface area contributed by atoms with Gasteiger partial charge in [-0.3, -0.25) is 9.69 Å². The first-order chi connectivity index (χ1) is 11.3. The van der Waals surface area contributed by atoms with E-state index in [4.69, 9.17) is 4.74 Å². The molecule has 5 nitrogen and oxygen atoms in total. The fourth-order valence-electron chi connectivity index (χ4n) is 2.74. The van der Waals surface area contributed by atoms with Crippen molar-refractivity contribution >= 4 is 17.2 Å².